The number of ether oxygens (including phenoxy) is 4. The summed E-state index contributed by atoms with van der Waals surface area (Å²) in [7, 11) is 0. The molecule has 0 fully saturated rings. The minimum atomic E-state index is -0.425. The van der Waals surface area contributed by atoms with Crippen LogP contribution in [0.5, 0.6) is 28.7 Å². The molecule has 0 bridgehead atoms. The Morgan fingerprint density at radius 1 is 0.490 bits per heavy atom. The highest BCUT2D eigenvalue weighted by Crippen LogP contribution is 2.36. The molecule has 6 aromatic rings. The van der Waals surface area contributed by atoms with E-state index in [1.807, 2.05) is 140 Å². The molecule has 1 N–H and O–H groups in total. The van der Waals surface area contributed by atoms with Crippen LogP contribution in [0, 0.1) is 0 Å². The quantitative estimate of drug-likeness (QED) is 0.0678. The summed E-state index contributed by atoms with van der Waals surface area (Å²) in [5.41, 5.74) is 4.71. The predicted octanol–water partition coefficient (Wildman–Crippen LogP) is 9.60. The van der Waals surface area contributed by atoms with Crippen molar-refractivity contribution in [2.24, 2.45) is 0 Å². The van der Waals surface area contributed by atoms with Crippen molar-refractivity contribution in [2.45, 2.75) is 26.4 Å². The topological polar surface area (TPSA) is 74.2 Å². The smallest absolute Gasteiger partial charge is 0.193 e. The van der Waals surface area contributed by atoms with E-state index < -0.39 is 5.78 Å². The molecule has 0 aromatic heterocycles. The van der Waals surface area contributed by atoms with Gasteiger partial charge in [-0.1, -0.05) is 133 Å². The van der Waals surface area contributed by atoms with Gasteiger partial charge in [0, 0.05) is 12.1 Å². The monoisotopic (exact) mass is 650 g/mol. The second kappa shape index (κ2) is 16.5. The number of ketones is 1. The number of carbonyl (C=O) groups excluding carboxylic acids is 1. The zero-order chi connectivity index (χ0) is 33.7. The summed E-state index contributed by atoms with van der Waals surface area (Å²) in [5.74, 6) is 1.08. The maximum absolute atomic E-state index is 13.7. The molecule has 0 radical (unpaired) electrons. The minimum absolute atomic E-state index is 0.0441. The third-order valence-electron chi connectivity index (χ3n) is 7.66. The second-order valence-electron chi connectivity index (χ2n) is 11.3. The fourth-order valence-corrected chi connectivity index (χ4v) is 5.08. The lowest BCUT2D eigenvalue weighted by Gasteiger charge is -2.15. The zero-order valence-corrected chi connectivity index (χ0v) is 26.9. The van der Waals surface area contributed by atoms with Crippen LogP contribution in [0.15, 0.2) is 158 Å². The van der Waals surface area contributed by atoms with Crippen molar-refractivity contribution in [3.8, 4) is 28.7 Å². The summed E-state index contributed by atoms with van der Waals surface area (Å²) in [5, 5.41) is 11.1. The molecule has 0 saturated heterocycles. The van der Waals surface area contributed by atoms with E-state index in [4.69, 9.17) is 18.9 Å². The number of phenolic OH excluding ortho intramolecular Hbond substituents is 1. The molecule has 0 aliphatic rings. The van der Waals surface area contributed by atoms with E-state index >= 15 is 0 Å². The van der Waals surface area contributed by atoms with Crippen molar-refractivity contribution >= 4 is 11.9 Å². The Kier molecular flexibility index (Phi) is 11.0. The van der Waals surface area contributed by atoms with Gasteiger partial charge in [-0.25, -0.2) is 0 Å². The standard InChI is InChI=1S/C43H36O6/c44-38(43-39(45)26-37(46-28-33-13-5-1-6-14-33)27-42(43)49-31-36-19-11-4-12-20-36)23-21-32-22-24-40(47-29-34-15-7-2-8-16-34)41(25-32)48-30-35-17-9-3-10-18-35/h1-27,45H,28-31H2/b23-21+/i21+1,38+1. The summed E-state index contributed by atoms with van der Waals surface area (Å²) in [6.45, 7) is 1.24. The van der Waals surface area contributed by atoms with Crippen LogP contribution in [0.4, 0.5) is 0 Å². The molecule has 0 aliphatic carbocycles. The third-order valence-corrected chi connectivity index (χ3v) is 7.66. The van der Waals surface area contributed by atoms with Crippen molar-refractivity contribution in [3.05, 3.63) is 191 Å². The highest BCUT2D eigenvalue weighted by molar-refractivity contribution is 6.10. The molecule has 0 aliphatic heterocycles. The molecule has 0 unspecified atom stereocenters. The van der Waals surface area contributed by atoms with E-state index in [9.17, 15) is 9.90 Å². The lowest BCUT2D eigenvalue weighted by Crippen LogP contribution is -2.04. The zero-order valence-electron chi connectivity index (χ0n) is 26.9. The number of aromatic hydroxyl groups is 1. The molecule has 0 saturated carbocycles. The first-order valence-electron chi connectivity index (χ1n) is 16.0. The van der Waals surface area contributed by atoms with Gasteiger partial charge in [0.25, 0.3) is 0 Å². The Labute approximate surface area is 286 Å². The average molecular weight is 651 g/mol. The summed E-state index contributed by atoms with van der Waals surface area (Å²) >= 11 is 0. The van der Waals surface area contributed by atoms with Crippen LogP contribution in [0.3, 0.4) is 0 Å². The summed E-state index contributed by atoms with van der Waals surface area (Å²) < 4.78 is 24.4. The van der Waals surface area contributed by atoms with Gasteiger partial charge < -0.3 is 24.1 Å². The van der Waals surface area contributed by atoms with Crippen molar-refractivity contribution in [3.63, 3.8) is 0 Å². The highest BCUT2D eigenvalue weighted by Gasteiger charge is 2.19. The van der Waals surface area contributed by atoms with E-state index in [2.05, 4.69) is 0 Å². The van der Waals surface area contributed by atoms with E-state index in [-0.39, 0.29) is 23.7 Å². The van der Waals surface area contributed by atoms with Crippen molar-refractivity contribution < 1.29 is 28.8 Å². The Morgan fingerprint density at radius 3 is 1.45 bits per heavy atom. The van der Waals surface area contributed by atoms with E-state index in [1.54, 1.807) is 12.1 Å². The minimum Gasteiger partial charge on any atom is -0.507 e. The maximum Gasteiger partial charge on any atom is 0.193 e. The Balaban J connectivity index is 1.23. The summed E-state index contributed by atoms with van der Waals surface area (Å²) in [6, 6.07) is 47.7. The number of hydrogen-bond donors (Lipinski definition) is 1. The largest absolute Gasteiger partial charge is 0.507 e. The molecule has 0 spiro atoms. The van der Waals surface area contributed by atoms with Gasteiger partial charge in [-0.05, 0) is 46.0 Å². The number of hydrogen-bond acceptors (Lipinski definition) is 6. The van der Waals surface area contributed by atoms with E-state index in [1.165, 1.54) is 12.1 Å². The first kappa shape index (κ1) is 32.7. The highest BCUT2D eigenvalue weighted by atomic mass is 16.5. The molecule has 0 atom stereocenters. The molecular formula is C43H36O6. The number of rotatable bonds is 15. The van der Waals surface area contributed by atoms with Crippen LogP contribution in [0.2, 0.25) is 0 Å². The summed E-state index contributed by atoms with van der Waals surface area (Å²) in [4.78, 5) is 13.7. The maximum atomic E-state index is 13.7. The third kappa shape index (κ3) is 9.40. The first-order chi connectivity index (χ1) is 24.1. The molecule has 6 rings (SSSR count). The van der Waals surface area contributed by atoms with Crippen LogP contribution in [0.25, 0.3) is 6.08 Å². The SMILES string of the molecule is O=[13C](/C=[13CH]/c1ccc(OCc2ccccc2)c(OCc2ccccc2)c1)c1c(O)cc(OCc2ccccc2)cc1OCc1ccccc1. The molecular weight excluding hydrogens is 614 g/mol. The molecule has 244 valence electrons. The van der Waals surface area contributed by atoms with Gasteiger partial charge >= 0.3 is 0 Å². The molecule has 6 aromatic carbocycles. The number of carbonyl (C=O) groups is 1. The lowest BCUT2D eigenvalue weighted by molar-refractivity contribution is 0.104. The number of benzene rings is 6. The molecule has 0 heterocycles. The van der Waals surface area contributed by atoms with Crippen molar-refractivity contribution in [2.75, 3.05) is 0 Å². The van der Waals surface area contributed by atoms with Gasteiger partial charge in [0.15, 0.2) is 17.3 Å². The fraction of sp³-hybridized carbons (Fsp3) is 0.0930. The van der Waals surface area contributed by atoms with Gasteiger partial charge in [0.05, 0.1) is 0 Å². The predicted molar refractivity (Wildman–Crippen MR) is 191 cm³/mol. The normalized spacial score (nSPS) is 10.9. The summed E-state index contributed by atoms with van der Waals surface area (Å²) in [6.07, 6.45) is 3.09. The molecule has 49 heavy (non-hydrogen) atoms. The average Bonchev–Trinajstić information content (AvgIpc) is 3.15. The van der Waals surface area contributed by atoms with Crippen molar-refractivity contribution in [1.82, 2.24) is 0 Å². The van der Waals surface area contributed by atoms with Crippen LogP contribution in [0.1, 0.15) is 38.2 Å². The van der Waals surface area contributed by atoms with Gasteiger partial charge in [-0.3, -0.25) is 4.79 Å². The van der Waals surface area contributed by atoms with Crippen LogP contribution in [-0.2, 0) is 26.4 Å². The number of allylic oxidation sites excluding steroid dienone is 1. The Morgan fingerprint density at radius 2 is 0.939 bits per heavy atom. The van der Waals surface area contributed by atoms with Gasteiger partial charge in [0.1, 0.15) is 49.2 Å². The fourth-order valence-electron chi connectivity index (χ4n) is 5.08. The second-order valence-corrected chi connectivity index (χ2v) is 11.3. The first-order valence-corrected chi connectivity index (χ1v) is 16.0. The number of phenols is 1. The molecule has 6 nitrogen and oxygen atoms in total. The van der Waals surface area contributed by atoms with Crippen LogP contribution >= 0.6 is 0 Å². The van der Waals surface area contributed by atoms with Gasteiger partial charge in [-0.15, -0.1) is 0 Å². The van der Waals surface area contributed by atoms with Crippen LogP contribution < -0.4 is 18.9 Å². The lowest BCUT2D eigenvalue weighted by atomic mass is 10.2. The molecule has 0 amide bonds. The van der Waals surface area contributed by atoms with Gasteiger partial charge in [0.2, 0.25) is 0 Å². The van der Waals surface area contributed by atoms with Gasteiger partial charge in [-0.2, -0.15) is 0 Å². The molecule has 6 heteroatoms. The van der Waals surface area contributed by atoms with Crippen molar-refractivity contribution in [1.29, 1.82) is 0 Å². The van der Waals surface area contributed by atoms with E-state index in [0.29, 0.717) is 37.1 Å². The van der Waals surface area contributed by atoms with E-state index in [0.717, 1.165) is 27.8 Å². The Bertz CT molecular complexity index is 1970. The van der Waals surface area contributed by atoms with Crippen LogP contribution in [-0.4, -0.2) is 10.9 Å². The Hall–Kier alpha value is -6.27.